The molecule has 1 N–H and O–H groups in total. The molecule has 2 aliphatic carbocycles. The van der Waals surface area contributed by atoms with Gasteiger partial charge < -0.3 is 5.32 Å². The van der Waals surface area contributed by atoms with Crippen molar-refractivity contribution in [3.8, 4) is 0 Å². The van der Waals surface area contributed by atoms with Gasteiger partial charge in [-0.1, -0.05) is 6.42 Å². The van der Waals surface area contributed by atoms with Crippen molar-refractivity contribution in [1.82, 2.24) is 25.3 Å². The molecule has 94 valence electrons. The third-order valence-corrected chi connectivity index (χ3v) is 4.50. The van der Waals surface area contributed by atoms with Crippen LogP contribution >= 0.6 is 0 Å². The fourth-order valence-electron chi connectivity index (χ4n) is 3.61. The quantitative estimate of drug-likeness (QED) is 0.883. The van der Waals surface area contributed by atoms with Crippen LogP contribution in [0.25, 0.3) is 5.65 Å². The van der Waals surface area contributed by atoms with E-state index in [1.165, 1.54) is 30.3 Å². The minimum absolute atomic E-state index is 0.681. The highest BCUT2D eigenvalue weighted by Crippen LogP contribution is 2.48. The zero-order valence-electron chi connectivity index (χ0n) is 10.2. The van der Waals surface area contributed by atoms with Crippen molar-refractivity contribution >= 4 is 11.5 Å². The lowest BCUT2D eigenvalue weighted by Crippen LogP contribution is -2.20. The molecule has 0 aliphatic heterocycles. The van der Waals surface area contributed by atoms with Gasteiger partial charge in [-0.3, -0.25) is 0 Å². The zero-order chi connectivity index (χ0) is 11.9. The minimum atomic E-state index is 0.681. The minimum Gasteiger partial charge on any atom is -0.368 e. The molecule has 0 saturated heterocycles. The summed E-state index contributed by atoms with van der Waals surface area (Å²) in [7, 11) is 0. The number of anilines is 1. The molecule has 2 heterocycles. The Kier molecular flexibility index (Phi) is 2.21. The number of hydrogen-bond acceptors (Lipinski definition) is 5. The maximum atomic E-state index is 4.33. The Labute approximate surface area is 105 Å². The predicted octanol–water partition coefficient (Wildman–Crippen LogP) is 1.37. The van der Waals surface area contributed by atoms with Crippen LogP contribution in [0.1, 0.15) is 25.7 Å². The van der Waals surface area contributed by atoms with Crippen LogP contribution < -0.4 is 5.32 Å². The van der Waals surface area contributed by atoms with Crippen LogP contribution in [0.15, 0.2) is 12.1 Å². The number of nitrogens with one attached hydrogen (secondary N) is 1. The molecule has 2 fully saturated rings. The van der Waals surface area contributed by atoms with Gasteiger partial charge in [0.1, 0.15) is 5.82 Å². The first-order chi connectivity index (χ1) is 8.88. The topological polar surface area (TPSA) is 68.0 Å². The first-order valence-corrected chi connectivity index (χ1v) is 6.68. The Hall–Kier alpha value is -1.72. The Morgan fingerprint density at radius 2 is 2.28 bits per heavy atom. The molecule has 0 spiro atoms. The van der Waals surface area contributed by atoms with Crippen LogP contribution in [0.3, 0.4) is 0 Å². The van der Waals surface area contributed by atoms with Crippen molar-refractivity contribution in [3.63, 3.8) is 0 Å². The van der Waals surface area contributed by atoms with Gasteiger partial charge >= 0.3 is 0 Å². The molecule has 4 rings (SSSR count). The predicted molar refractivity (Wildman–Crippen MR) is 66.0 cm³/mol. The Balaban J connectivity index is 1.45. The molecule has 18 heavy (non-hydrogen) atoms. The molecule has 6 heteroatoms. The van der Waals surface area contributed by atoms with Crippen LogP contribution in [0.2, 0.25) is 0 Å². The van der Waals surface area contributed by atoms with E-state index in [0.29, 0.717) is 5.65 Å². The van der Waals surface area contributed by atoms with E-state index in [0.717, 1.165) is 30.1 Å². The smallest absolute Gasteiger partial charge is 0.200 e. The molecule has 0 aromatic carbocycles. The number of hydrogen-bond donors (Lipinski definition) is 1. The second-order valence-electron chi connectivity index (χ2n) is 5.56. The van der Waals surface area contributed by atoms with Crippen molar-refractivity contribution in [3.05, 3.63) is 12.1 Å². The van der Waals surface area contributed by atoms with Crippen molar-refractivity contribution in [2.45, 2.75) is 25.7 Å². The van der Waals surface area contributed by atoms with Gasteiger partial charge in [0.05, 0.1) is 0 Å². The maximum absolute atomic E-state index is 4.33. The standard InChI is InChI=1S/C12H16N6/c1-2-9-5-8(1)6-10(9)7-13-11-3-4-12-14-16-17-18(12)15-11/h3-4,8-10H,1-2,5-7H2,(H,13,15). The molecular formula is C12H16N6. The van der Waals surface area contributed by atoms with Crippen LogP contribution in [0, 0.1) is 17.8 Å². The Bertz CT molecular complexity index is 564. The second kappa shape index (κ2) is 3.90. The van der Waals surface area contributed by atoms with Gasteiger partial charge in [0.2, 0.25) is 0 Å². The number of aromatic nitrogens is 5. The molecule has 2 aromatic heterocycles. The summed E-state index contributed by atoms with van der Waals surface area (Å²) in [6, 6.07) is 3.83. The van der Waals surface area contributed by atoms with Gasteiger partial charge in [0.25, 0.3) is 0 Å². The highest BCUT2D eigenvalue weighted by molar-refractivity contribution is 5.42. The summed E-state index contributed by atoms with van der Waals surface area (Å²) in [5.74, 6) is 3.63. The average molecular weight is 244 g/mol. The van der Waals surface area contributed by atoms with Gasteiger partial charge in [-0.15, -0.1) is 14.8 Å². The highest BCUT2D eigenvalue weighted by atomic mass is 15.6. The molecule has 2 saturated carbocycles. The Morgan fingerprint density at radius 3 is 3.11 bits per heavy atom. The fraction of sp³-hybridized carbons (Fsp3) is 0.667. The molecule has 6 nitrogen and oxygen atoms in total. The average Bonchev–Trinajstić information content (AvgIpc) is 3.11. The molecule has 3 atom stereocenters. The lowest BCUT2D eigenvalue weighted by molar-refractivity contribution is 0.348. The monoisotopic (exact) mass is 244 g/mol. The number of fused-ring (bicyclic) bond motifs is 3. The zero-order valence-corrected chi connectivity index (χ0v) is 10.2. The molecular weight excluding hydrogens is 228 g/mol. The van der Waals surface area contributed by atoms with E-state index in [4.69, 9.17) is 0 Å². The maximum Gasteiger partial charge on any atom is 0.200 e. The molecule has 0 radical (unpaired) electrons. The lowest BCUT2D eigenvalue weighted by Gasteiger charge is -2.21. The van der Waals surface area contributed by atoms with Crippen molar-refractivity contribution in [1.29, 1.82) is 0 Å². The van der Waals surface area contributed by atoms with Crippen molar-refractivity contribution < 1.29 is 0 Å². The van der Waals surface area contributed by atoms with E-state index in [1.54, 1.807) is 0 Å². The number of nitrogens with zero attached hydrogens (tertiary/aromatic N) is 5. The van der Waals surface area contributed by atoms with Crippen LogP contribution in [0.4, 0.5) is 5.82 Å². The molecule has 2 aromatic rings. The third-order valence-electron chi connectivity index (χ3n) is 4.50. The van der Waals surface area contributed by atoms with E-state index < -0.39 is 0 Å². The first-order valence-electron chi connectivity index (χ1n) is 6.68. The summed E-state index contributed by atoms with van der Waals surface area (Å²) in [6.07, 6.45) is 5.73. The largest absolute Gasteiger partial charge is 0.368 e. The SMILES string of the molecule is c1cc2nnnn2nc1NCC1CC2CCC1C2. The molecule has 2 aliphatic rings. The van der Waals surface area contributed by atoms with Crippen LogP contribution in [-0.4, -0.2) is 31.8 Å². The summed E-state index contributed by atoms with van der Waals surface area (Å²) >= 11 is 0. The van der Waals surface area contributed by atoms with Crippen molar-refractivity contribution in [2.24, 2.45) is 17.8 Å². The van der Waals surface area contributed by atoms with E-state index in [1.807, 2.05) is 12.1 Å². The van der Waals surface area contributed by atoms with Gasteiger partial charge in [0, 0.05) is 6.54 Å². The normalized spacial score (nSPS) is 30.1. The highest BCUT2D eigenvalue weighted by Gasteiger charge is 2.39. The third kappa shape index (κ3) is 1.63. The first kappa shape index (κ1) is 10.2. The van der Waals surface area contributed by atoms with E-state index in [-0.39, 0.29) is 0 Å². The summed E-state index contributed by atoms with van der Waals surface area (Å²) in [6.45, 7) is 1.03. The summed E-state index contributed by atoms with van der Waals surface area (Å²) in [5, 5.41) is 19.0. The fourth-order valence-corrected chi connectivity index (χ4v) is 3.61. The van der Waals surface area contributed by atoms with E-state index >= 15 is 0 Å². The van der Waals surface area contributed by atoms with Gasteiger partial charge in [-0.25, -0.2) is 0 Å². The van der Waals surface area contributed by atoms with Gasteiger partial charge in [0.15, 0.2) is 5.65 Å². The number of rotatable bonds is 3. The van der Waals surface area contributed by atoms with Crippen LogP contribution in [0.5, 0.6) is 0 Å². The molecule has 3 unspecified atom stereocenters. The van der Waals surface area contributed by atoms with Crippen molar-refractivity contribution in [2.75, 3.05) is 11.9 Å². The second-order valence-corrected chi connectivity index (χ2v) is 5.56. The summed E-state index contributed by atoms with van der Waals surface area (Å²) < 4.78 is 1.46. The summed E-state index contributed by atoms with van der Waals surface area (Å²) in [4.78, 5) is 0. The molecule has 2 bridgehead atoms. The van der Waals surface area contributed by atoms with Crippen LogP contribution in [-0.2, 0) is 0 Å². The Morgan fingerprint density at radius 1 is 1.28 bits per heavy atom. The number of tetrazole rings is 1. The van der Waals surface area contributed by atoms with E-state index in [2.05, 4.69) is 25.9 Å². The van der Waals surface area contributed by atoms with E-state index in [9.17, 15) is 0 Å². The van der Waals surface area contributed by atoms with Gasteiger partial charge in [-0.2, -0.15) is 0 Å². The lowest BCUT2D eigenvalue weighted by atomic mass is 9.89. The van der Waals surface area contributed by atoms with Gasteiger partial charge in [-0.05, 0) is 59.6 Å². The summed E-state index contributed by atoms with van der Waals surface area (Å²) in [5.41, 5.74) is 0.681. The molecule has 0 amide bonds.